The molecule has 0 amide bonds. The summed E-state index contributed by atoms with van der Waals surface area (Å²) in [6.45, 7) is 11.8. The van der Waals surface area contributed by atoms with Crippen molar-refractivity contribution in [1.82, 2.24) is 9.80 Å². The minimum Gasteiger partial charge on any atom is -0.507 e. The van der Waals surface area contributed by atoms with Gasteiger partial charge >= 0.3 is 0 Å². The molecule has 27 heteroatoms. The number of aromatic hydroxyl groups is 4. The number of aliphatic hydroxyl groups excluding tert-OH is 6. The van der Waals surface area contributed by atoms with Gasteiger partial charge in [0.15, 0.2) is 37.7 Å². The molecule has 6 fully saturated rings. The minimum absolute atomic E-state index is 0.00965. The van der Waals surface area contributed by atoms with Crippen molar-refractivity contribution in [3.63, 3.8) is 0 Å². The van der Waals surface area contributed by atoms with Crippen LogP contribution in [0.5, 0.6) is 23.0 Å². The van der Waals surface area contributed by atoms with E-state index in [-0.39, 0.29) is 62.5 Å². The van der Waals surface area contributed by atoms with E-state index >= 15 is 0 Å². The fourth-order valence-electron chi connectivity index (χ4n) is 14.0. The summed E-state index contributed by atoms with van der Waals surface area (Å²) in [5, 5.41) is 124. The Kier molecular flexibility index (Phi) is 19.8. The monoisotopic (exact) mass is 1240 g/mol. The van der Waals surface area contributed by atoms with Gasteiger partial charge in [-0.25, -0.2) is 0 Å². The van der Waals surface area contributed by atoms with Crippen LogP contribution in [0.2, 0.25) is 0 Å². The third-order valence-electron chi connectivity index (χ3n) is 18.9. The molecule has 87 heavy (non-hydrogen) atoms. The Balaban J connectivity index is 0.898. The zero-order valence-electron chi connectivity index (χ0n) is 50.9. The van der Waals surface area contributed by atoms with Crippen molar-refractivity contribution >= 4 is 11.6 Å². The molecule has 27 nitrogen and oxygen atoms in total. The molecule has 0 aromatic heterocycles. The van der Waals surface area contributed by atoms with Gasteiger partial charge in [0.25, 0.3) is 0 Å². The van der Waals surface area contributed by atoms with Crippen LogP contribution in [-0.4, -0.2) is 259 Å². The Morgan fingerprint density at radius 3 is 1.16 bits per heavy atom. The number of carbonyl (C=O) groups excluding carboxylic acids is 2. The zero-order valence-corrected chi connectivity index (χ0v) is 50.9. The summed E-state index contributed by atoms with van der Waals surface area (Å²) in [6.07, 6.45) is -23.3. The van der Waals surface area contributed by atoms with Gasteiger partial charge in [-0.1, -0.05) is 6.92 Å². The lowest BCUT2D eigenvalue weighted by molar-refractivity contribution is -0.336. The summed E-state index contributed by atoms with van der Waals surface area (Å²) >= 11 is 0. The summed E-state index contributed by atoms with van der Waals surface area (Å²) in [5.41, 5.74) is -5.13. The number of aliphatic hydroxyl groups is 7. The summed E-state index contributed by atoms with van der Waals surface area (Å²) in [6, 6.07) is 1.07. The predicted molar refractivity (Wildman–Crippen MR) is 298 cm³/mol. The molecule has 6 heterocycles. The molecular formula is C60H88N2O25. The van der Waals surface area contributed by atoms with E-state index in [0.29, 0.717) is 0 Å². The lowest BCUT2D eigenvalue weighted by Crippen LogP contribution is -2.59. The summed E-state index contributed by atoms with van der Waals surface area (Å²) in [5.74, 6) is -5.22. The summed E-state index contributed by atoms with van der Waals surface area (Å²) in [4.78, 5) is 33.0. The van der Waals surface area contributed by atoms with Crippen LogP contribution >= 0.6 is 0 Å². The molecular weight excluding hydrogens is 1150 g/mol. The first-order valence-electron chi connectivity index (χ1n) is 30.2. The molecule has 8 aliphatic rings. The molecule has 2 aromatic rings. The van der Waals surface area contributed by atoms with Crippen molar-refractivity contribution in [1.29, 1.82) is 0 Å². The van der Waals surface area contributed by atoms with Gasteiger partial charge < -0.3 is 123 Å². The van der Waals surface area contributed by atoms with Crippen LogP contribution in [-0.2, 0) is 56.8 Å². The molecule has 10 rings (SSSR count). The second-order valence-electron chi connectivity index (χ2n) is 25.3. The number of nitrogens with zero attached hydrogens (tertiary/aromatic N) is 2. The zero-order chi connectivity index (χ0) is 63.2. The second kappa shape index (κ2) is 26.0. The highest BCUT2D eigenvalue weighted by molar-refractivity contribution is 6.32. The van der Waals surface area contributed by atoms with Crippen molar-refractivity contribution in [3.05, 3.63) is 45.5 Å². The maximum Gasteiger partial charge on any atom is 0.202 e. The quantitative estimate of drug-likeness (QED) is 0.0956. The van der Waals surface area contributed by atoms with E-state index in [2.05, 4.69) is 0 Å². The van der Waals surface area contributed by atoms with Crippen molar-refractivity contribution in [2.45, 2.75) is 265 Å². The van der Waals surface area contributed by atoms with Crippen molar-refractivity contribution in [2.24, 2.45) is 0 Å². The van der Waals surface area contributed by atoms with Gasteiger partial charge in [-0.05, 0) is 88.3 Å². The van der Waals surface area contributed by atoms with E-state index in [0.717, 1.165) is 12.1 Å². The third-order valence-corrected chi connectivity index (χ3v) is 18.9. The number of carbonyl (C=O) groups is 2. The smallest absolute Gasteiger partial charge is 0.202 e. The van der Waals surface area contributed by atoms with Crippen LogP contribution in [0.1, 0.15) is 155 Å². The van der Waals surface area contributed by atoms with Crippen LogP contribution in [0.15, 0.2) is 12.1 Å². The maximum absolute atomic E-state index is 14.6. The fourth-order valence-corrected chi connectivity index (χ4v) is 14.0. The normalized spacial score (nSPS) is 43.5. The molecule has 11 N–H and O–H groups in total. The first-order valence-corrected chi connectivity index (χ1v) is 30.2. The van der Waals surface area contributed by atoms with E-state index in [9.17, 15) is 65.8 Å². The maximum atomic E-state index is 14.6. The van der Waals surface area contributed by atoms with Crippen molar-refractivity contribution in [2.75, 3.05) is 28.2 Å². The molecule has 488 valence electrons. The molecule has 6 saturated heterocycles. The van der Waals surface area contributed by atoms with E-state index in [1.54, 1.807) is 48.5 Å². The van der Waals surface area contributed by atoms with Gasteiger partial charge in [-0.2, -0.15) is 0 Å². The SMILES string of the molecule is CC[C@@]1(O)C[C@H](O[C@H]2C[C@H](N(C)C)[C@H](O[C@H]3C[C@H](O)[C@H](O[C@H]4C[C@H](O)[C@H](O)[C@H](C)O4)[C@H](C)O3)[C@H](C)O2)c2c(O)c3c(c(O)c2[C@H]1O[C@@H]1C[C@@H](N(C)C)[C@@H](O[C@@H]2C[C@@H](O)[C@@H](O[C@@H]4C[C@@H](O)[C@@H](O)[C@@H](C)O4)[C@@H](C)O2)[C@@H](C)O1)C(=O)c1c(O)ccc(O)c1C3=O. The van der Waals surface area contributed by atoms with E-state index in [4.69, 9.17) is 56.8 Å². The summed E-state index contributed by atoms with van der Waals surface area (Å²) in [7, 11) is 7.29. The molecule has 0 radical (unpaired) electrons. The highest BCUT2D eigenvalue weighted by atomic mass is 16.8. The third kappa shape index (κ3) is 12.8. The molecule has 0 saturated carbocycles. The largest absolute Gasteiger partial charge is 0.507 e. The molecule has 2 aromatic carbocycles. The van der Waals surface area contributed by atoms with Gasteiger partial charge in [0.2, 0.25) is 11.6 Å². The number of fused-ring (bicyclic) bond motifs is 3. The lowest BCUT2D eigenvalue weighted by Gasteiger charge is -2.50. The van der Waals surface area contributed by atoms with Gasteiger partial charge in [0, 0.05) is 68.2 Å². The van der Waals surface area contributed by atoms with Crippen LogP contribution < -0.4 is 0 Å². The Morgan fingerprint density at radius 1 is 0.460 bits per heavy atom. The summed E-state index contributed by atoms with van der Waals surface area (Å²) < 4.78 is 76.2. The number of phenols is 4. The number of likely N-dealkylation sites (N-methyl/N-ethyl adjacent to an activating group) is 2. The number of ether oxygens (including phenoxy) is 12. The highest BCUT2D eigenvalue weighted by Crippen LogP contribution is 2.59. The number of hydrogen-bond donors (Lipinski definition) is 11. The number of hydrogen-bond acceptors (Lipinski definition) is 27. The molecule has 2 aliphatic carbocycles. The predicted octanol–water partition coefficient (Wildman–Crippen LogP) is 1.32. The van der Waals surface area contributed by atoms with Gasteiger partial charge in [-0.15, -0.1) is 0 Å². The number of phenolic OH excluding ortho intramolecular Hbond substituents is 4. The van der Waals surface area contributed by atoms with Crippen LogP contribution in [0.25, 0.3) is 0 Å². The molecule has 0 spiro atoms. The van der Waals surface area contributed by atoms with Crippen molar-refractivity contribution < 1.29 is 123 Å². The Bertz CT molecular complexity index is 2740. The fraction of sp³-hybridized carbons (Fsp3) is 0.767. The first-order chi connectivity index (χ1) is 41.0. The average Bonchev–Trinajstić information content (AvgIpc) is 0.714. The number of rotatable bonds is 15. The minimum atomic E-state index is -1.99. The van der Waals surface area contributed by atoms with Crippen LogP contribution in [0, 0.1) is 0 Å². The van der Waals surface area contributed by atoms with Crippen molar-refractivity contribution in [3.8, 4) is 23.0 Å². The topological polar surface area (TPSA) is 374 Å². The number of ketones is 2. The Labute approximate surface area is 504 Å². The van der Waals surface area contributed by atoms with Gasteiger partial charge in [-0.3, -0.25) is 9.59 Å². The highest BCUT2D eigenvalue weighted by Gasteiger charge is 2.56. The molecule has 6 aliphatic heterocycles. The van der Waals surface area contributed by atoms with Gasteiger partial charge in [0.1, 0.15) is 65.7 Å². The van der Waals surface area contributed by atoms with Crippen LogP contribution in [0.3, 0.4) is 0 Å². The molecule has 0 bridgehead atoms. The first kappa shape index (κ1) is 66.1. The Morgan fingerprint density at radius 2 is 0.793 bits per heavy atom. The molecule has 27 atom stereocenters. The molecule has 0 unspecified atom stereocenters. The van der Waals surface area contributed by atoms with Crippen LogP contribution in [0.4, 0.5) is 0 Å². The van der Waals surface area contributed by atoms with E-state index < -0.39 is 222 Å². The second-order valence-corrected chi connectivity index (χ2v) is 25.3. The van der Waals surface area contributed by atoms with E-state index in [1.807, 2.05) is 38.0 Å². The average molecular weight is 1240 g/mol. The lowest BCUT2D eigenvalue weighted by atomic mass is 9.70. The Hall–Kier alpha value is -3.86. The standard InChI is InChI=1S/C60H88N2O25/c1-12-60(75)21-36(82-37-15-28(61(8)9)55(24(4)78-37)83-41-19-34(67)57(26(6)80-41)85-39-17-32(65)49(69)22(2)76-39)45-48(54(74)47-46(53(45)73)51(71)43-30(63)13-14-31(64)44(43)52(47)72)59(60)87-38-16-29(62(10)11)56(25(5)79-38)84-42-20-35(68)58(27(7)81-42)86-40-18-33(66)50(70)23(3)77-40/h13-14,22-29,32-42,49-50,55-59,63-70,73-75H,12,15-21H2,1-11H3/t22-,23+,24-,25+,26-,27+,28-,29+,32-,33+,34-,35+,36-,37-,38+,39-,40+,41-,42+,49+,50-,55+,56-,57+,58-,59+,60+/m0/s1. The number of benzene rings is 2. The van der Waals surface area contributed by atoms with E-state index in [1.165, 1.54) is 0 Å². The van der Waals surface area contributed by atoms with Gasteiger partial charge in [0.05, 0.1) is 95.0 Å².